The molecule has 0 saturated carbocycles. The van der Waals surface area contributed by atoms with E-state index in [2.05, 4.69) is 15.8 Å². The number of nitrogens with zero attached hydrogens (tertiary/aromatic N) is 1. The molecule has 2 N–H and O–H groups in total. The highest BCUT2D eigenvalue weighted by Crippen LogP contribution is 2.13. The number of hydrogen-bond acceptors (Lipinski definition) is 5. The number of carbonyl (C=O) groups is 2. The molecule has 0 spiro atoms. The van der Waals surface area contributed by atoms with Crippen molar-refractivity contribution in [3.8, 4) is 5.88 Å². The van der Waals surface area contributed by atoms with Crippen molar-refractivity contribution >= 4 is 11.8 Å². The number of pyridine rings is 1. The van der Waals surface area contributed by atoms with E-state index in [4.69, 9.17) is 9.15 Å². The van der Waals surface area contributed by atoms with E-state index in [1.807, 2.05) is 0 Å². The summed E-state index contributed by atoms with van der Waals surface area (Å²) in [4.78, 5) is 27.6. The number of furan rings is 1. The molecule has 7 nitrogen and oxygen atoms in total. The third kappa shape index (κ3) is 3.38. The van der Waals surface area contributed by atoms with Gasteiger partial charge in [-0.1, -0.05) is 0 Å². The Bertz CT molecular complexity index is 661. The third-order valence-corrected chi connectivity index (χ3v) is 2.78. The molecule has 0 saturated heterocycles. The standard InChI is InChI=1S/C14H15N3O4/c1-8-6-11(9(2)21-8)14(19)17-16-13(18)10-4-5-12(20-3)15-7-10/h4-7H,1-3H3,(H,16,18)(H,17,19). The smallest absolute Gasteiger partial charge is 0.273 e. The van der Waals surface area contributed by atoms with Gasteiger partial charge in [0.1, 0.15) is 11.5 Å². The zero-order chi connectivity index (χ0) is 15.4. The molecule has 0 aromatic carbocycles. The average Bonchev–Trinajstić information content (AvgIpc) is 2.83. The normalized spacial score (nSPS) is 10.0. The summed E-state index contributed by atoms with van der Waals surface area (Å²) < 4.78 is 10.2. The van der Waals surface area contributed by atoms with Gasteiger partial charge in [0.2, 0.25) is 5.88 Å². The number of amides is 2. The largest absolute Gasteiger partial charge is 0.481 e. The molecule has 2 amide bonds. The van der Waals surface area contributed by atoms with Crippen LogP contribution in [0, 0.1) is 13.8 Å². The zero-order valence-electron chi connectivity index (χ0n) is 11.9. The predicted octanol–water partition coefficient (Wildman–Crippen LogP) is 1.37. The number of ether oxygens (including phenoxy) is 1. The van der Waals surface area contributed by atoms with Crippen LogP contribution in [0.15, 0.2) is 28.8 Å². The van der Waals surface area contributed by atoms with Gasteiger partial charge in [-0.15, -0.1) is 0 Å². The van der Waals surface area contributed by atoms with E-state index >= 15 is 0 Å². The van der Waals surface area contributed by atoms with Gasteiger partial charge in [0.15, 0.2) is 0 Å². The van der Waals surface area contributed by atoms with Crippen molar-refractivity contribution in [1.82, 2.24) is 15.8 Å². The number of methoxy groups -OCH3 is 1. The lowest BCUT2D eigenvalue weighted by atomic mass is 10.2. The van der Waals surface area contributed by atoms with Gasteiger partial charge >= 0.3 is 0 Å². The molecule has 2 aromatic heterocycles. The van der Waals surface area contributed by atoms with Gasteiger partial charge in [-0.25, -0.2) is 4.98 Å². The van der Waals surface area contributed by atoms with Crippen LogP contribution < -0.4 is 15.6 Å². The van der Waals surface area contributed by atoms with E-state index in [-0.39, 0.29) is 0 Å². The van der Waals surface area contributed by atoms with Crippen molar-refractivity contribution in [2.75, 3.05) is 7.11 Å². The van der Waals surface area contributed by atoms with Gasteiger partial charge in [0.05, 0.1) is 18.2 Å². The van der Waals surface area contributed by atoms with E-state index in [9.17, 15) is 9.59 Å². The average molecular weight is 289 g/mol. The number of nitrogens with one attached hydrogen (secondary N) is 2. The predicted molar refractivity (Wildman–Crippen MR) is 73.9 cm³/mol. The van der Waals surface area contributed by atoms with Crippen LogP contribution in [0.2, 0.25) is 0 Å². The molecule has 0 unspecified atom stereocenters. The van der Waals surface area contributed by atoms with Gasteiger partial charge < -0.3 is 9.15 Å². The maximum Gasteiger partial charge on any atom is 0.273 e. The monoisotopic (exact) mass is 289 g/mol. The lowest BCUT2D eigenvalue weighted by molar-refractivity contribution is 0.0845. The third-order valence-electron chi connectivity index (χ3n) is 2.78. The van der Waals surface area contributed by atoms with E-state index in [0.717, 1.165) is 0 Å². The molecule has 2 rings (SSSR count). The summed E-state index contributed by atoms with van der Waals surface area (Å²) in [6, 6.07) is 4.70. The Morgan fingerprint density at radius 3 is 2.43 bits per heavy atom. The van der Waals surface area contributed by atoms with Crippen molar-refractivity contribution < 1.29 is 18.7 Å². The molecule has 0 radical (unpaired) electrons. The number of rotatable bonds is 3. The van der Waals surface area contributed by atoms with Crippen LogP contribution in [-0.2, 0) is 0 Å². The first kappa shape index (κ1) is 14.6. The fraction of sp³-hybridized carbons (Fsp3) is 0.214. The Morgan fingerprint density at radius 1 is 1.19 bits per heavy atom. The summed E-state index contributed by atoms with van der Waals surface area (Å²) >= 11 is 0. The molecule has 0 aliphatic rings. The maximum absolute atomic E-state index is 11.9. The summed E-state index contributed by atoms with van der Waals surface area (Å²) in [7, 11) is 1.48. The fourth-order valence-corrected chi connectivity index (χ4v) is 1.74. The summed E-state index contributed by atoms with van der Waals surface area (Å²) in [5, 5.41) is 0. The number of hydrazine groups is 1. The molecule has 2 heterocycles. The van der Waals surface area contributed by atoms with Crippen LogP contribution in [0.5, 0.6) is 5.88 Å². The second-order valence-corrected chi connectivity index (χ2v) is 4.32. The van der Waals surface area contributed by atoms with E-state index in [0.29, 0.717) is 28.5 Å². The van der Waals surface area contributed by atoms with Gasteiger partial charge in [-0.2, -0.15) is 0 Å². The van der Waals surface area contributed by atoms with Gasteiger partial charge in [0.25, 0.3) is 11.8 Å². The van der Waals surface area contributed by atoms with Crippen molar-refractivity contribution in [3.05, 3.63) is 47.0 Å². The van der Waals surface area contributed by atoms with Gasteiger partial charge in [-0.05, 0) is 26.0 Å². The molecule has 2 aromatic rings. The molecule has 110 valence electrons. The highest BCUT2D eigenvalue weighted by Gasteiger charge is 2.14. The van der Waals surface area contributed by atoms with E-state index < -0.39 is 11.8 Å². The maximum atomic E-state index is 11.9. The summed E-state index contributed by atoms with van der Waals surface area (Å²) in [6.07, 6.45) is 1.35. The molecule has 0 aliphatic heterocycles. The molecule has 0 aliphatic carbocycles. The Balaban J connectivity index is 1.97. The summed E-state index contributed by atoms with van der Waals surface area (Å²) in [5.74, 6) is 0.601. The van der Waals surface area contributed by atoms with Gasteiger partial charge in [0, 0.05) is 12.3 Å². The van der Waals surface area contributed by atoms with Crippen LogP contribution in [0.4, 0.5) is 0 Å². The Morgan fingerprint density at radius 2 is 1.90 bits per heavy atom. The SMILES string of the molecule is COc1ccc(C(=O)NNC(=O)c2cc(C)oc2C)cn1. The molecule has 21 heavy (non-hydrogen) atoms. The lowest BCUT2D eigenvalue weighted by Gasteiger charge is -2.07. The van der Waals surface area contributed by atoms with Crippen molar-refractivity contribution in [1.29, 1.82) is 0 Å². The number of hydrogen-bond donors (Lipinski definition) is 2. The van der Waals surface area contributed by atoms with Crippen molar-refractivity contribution in [2.45, 2.75) is 13.8 Å². The minimum atomic E-state index is -0.476. The topological polar surface area (TPSA) is 93.5 Å². The summed E-state index contributed by atoms with van der Waals surface area (Å²) in [5.41, 5.74) is 5.31. The van der Waals surface area contributed by atoms with Crippen LogP contribution in [0.3, 0.4) is 0 Å². The zero-order valence-corrected chi connectivity index (χ0v) is 11.9. The van der Waals surface area contributed by atoms with Gasteiger partial charge in [-0.3, -0.25) is 20.4 Å². The Hall–Kier alpha value is -2.83. The molecule has 7 heteroatoms. The Kier molecular flexibility index (Phi) is 4.22. The first-order valence-corrected chi connectivity index (χ1v) is 6.19. The highest BCUT2D eigenvalue weighted by atomic mass is 16.5. The van der Waals surface area contributed by atoms with Crippen LogP contribution in [-0.4, -0.2) is 23.9 Å². The minimum absolute atomic E-state index is 0.302. The Labute approximate surface area is 121 Å². The number of aromatic nitrogens is 1. The fourth-order valence-electron chi connectivity index (χ4n) is 1.74. The van der Waals surface area contributed by atoms with Crippen molar-refractivity contribution in [3.63, 3.8) is 0 Å². The number of aryl methyl sites for hydroxylation is 2. The molecular formula is C14H15N3O4. The van der Waals surface area contributed by atoms with Crippen LogP contribution in [0.1, 0.15) is 32.2 Å². The first-order chi connectivity index (χ1) is 10.0. The highest BCUT2D eigenvalue weighted by molar-refractivity contribution is 5.99. The molecule has 0 atom stereocenters. The quantitative estimate of drug-likeness (QED) is 0.832. The molecule has 0 bridgehead atoms. The summed E-state index contributed by atoms with van der Waals surface area (Å²) in [6.45, 7) is 3.42. The minimum Gasteiger partial charge on any atom is -0.481 e. The molecular weight excluding hydrogens is 274 g/mol. The second-order valence-electron chi connectivity index (χ2n) is 4.32. The molecule has 0 fully saturated rings. The van der Waals surface area contributed by atoms with E-state index in [1.54, 1.807) is 32.0 Å². The lowest BCUT2D eigenvalue weighted by Crippen LogP contribution is -2.41. The van der Waals surface area contributed by atoms with E-state index in [1.165, 1.54) is 13.3 Å². The number of carbonyl (C=O) groups excluding carboxylic acids is 2. The van der Waals surface area contributed by atoms with Crippen LogP contribution in [0.25, 0.3) is 0 Å². The van der Waals surface area contributed by atoms with Crippen LogP contribution >= 0.6 is 0 Å². The van der Waals surface area contributed by atoms with Crippen molar-refractivity contribution in [2.24, 2.45) is 0 Å². The second kappa shape index (κ2) is 6.08. The first-order valence-electron chi connectivity index (χ1n) is 6.19.